The number of aromatic hydroxyl groups is 1. The fourth-order valence-electron chi connectivity index (χ4n) is 6.22. The number of likely N-dealkylation sites (tertiary alicyclic amines) is 2. The number of rotatable bonds is 1. The van der Waals surface area contributed by atoms with Crippen molar-refractivity contribution in [2.75, 3.05) is 14.2 Å². The Balaban J connectivity index is 1.63. The summed E-state index contributed by atoms with van der Waals surface area (Å²) in [7, 11) is 2.14. The zero-order chi connectivity index (χ0) is 25.2. The summed E-state index contributed by atoms with van der Waals surface area (Å²) < 4.78 is 9.26. The van der Waals surface area contributed by atoms with E-state index < -0.39 is 71.3 Å². The van der Waals surface area contributed by atoms with E-state index in [1.165, 1.54) is 12.1 Å². The van der Waals surface area contributed by atoms with E-state index in [4.69, 9.17) is 0 Å². The monoisotopic (exact) mass is 482 g/mol. The Morgan fingerprint density at radius 3 is 2.06 bits per heavy atom. The van der Waals surface area contributed by atoms with Crippen molar-refractivity contribution in [2.24, 2.45) is 29.6 Å². The zero-order valence-corrected chi connectivity index (χ0v) is 18.9. The molecule has 0 spiro atoms. The van der Waals surface area contributed by atoms with Crippen LogP contribution in [0.2, 0.25) is 0 Å². The molecule has 0 unspecified atom stereocenters. The molecular weight excluding hydrogens is 460 g/mol. The molecule has 2 saturated heterocycles. The molecule has 4 aliphatic rings. The number of hydrogen-bond acceptors (Lipinski definition) is 9. The maximum absolute atomic E-state index is 13.3. The van der Waals surface area contributed by atoms with Gasteiger partial charge in [-0.05, 0) is 36.5 Å². The lowest BCUT2D eigenvalue weighted by Crippen LogP contribution is -2.43. The molecule has 6 amide bonds. The molecule has 2 aliphatic carbocycles. The summed E-state index contributed by atoms with van der Waals surface area (Å²) in [6.45, 7) is 0. The molecule has 1 N–H and O–H groups in total. The topological polar surface area (TPSA) is 148 Å². The van der Waals surface area contributed by atoms with Gasteiger partial charge in [0.25, 0.3) is 0 Å². The van der Waals surface area contributed by atoms with Crippen LogP contribution in [0.3, 0.4) is 0 Å². The molecule has 11 heteroatoms. The summed E-state index contributed by atoms with van der Waals surface area (Å²) in [5, 5.41) is 10.1. The van der Waals surface area contributed by atoms with Gasteiger partial charge in [-0.1, -0.05) is 23.8 Å². The van der Waals surface area contributed by atoms with E-state index in [1.54, 1.807) is 18.2 Å². The maximum atomic E-state index is 13.3. The Bertz CT molecular complexity index is 1220. The number of fused-ring (bicyclic) bond motifs is 4. The van der Waals surface area contributed by atoms with E-state index in [-0.39, 0.29) is 18.6 Å². The minimum atomic E-state index is -1.09. The highest BCUT2D eigenvalue weighted by Crippen LogP contribution is 2.58. The van der Waals surface area contributed by atoms with Crippen molar-refractivity contribution >= 4 is 35.8 Å². The van der Waals surface area contributed by atoms with Gasteiger partial charge in [-0.15, -0.1) is 0 Å². The van der Waals surface area contributed by atoms with Crippen molar-refractivity contribution < 1.29 is 43.3 Å². The van der Waals surface area contributed by atoms with Crippen LogP contribution in [0.15, 0.2) is 35.9 Å². The van der Waals surface area contributed by atoms with Gasteiger partial charge in [0.1, 0.15) is 5.75 Å². The number of allylic oxidation sites excluding steroid dienone is 2. The van der Waals surface area contributed by atoms with Crippen LogP contribution in [0.25, 0.3) is 0 Å². The predicted molar refractivity (Wildman–Crippen MR) is 114 cm³/mol. The van der Waals surface area contributed by atoms with E-state index in [9.17, 15) is 33.9 Å². The Morgan fingerprint density at radius 2 is 1.46 bits per heavy atom. The van der Waals surface area contributed by atoms with Crippen molar-refractivity contribution in [3.05, 3.63) is 41.5 Å². The van der Waals surface area contributed by atoms with Gasteiger partial charge < -0.3 is 14.6 Å². The van der Waals surface area contributed by atoms with Gasteiger partial charge in [-0.3, -0.25) is 19.2 Å². The second-order valence-corrected chi connectivity index (χ2v) is 9.08. The Labute approximate surface area is 199 Å². The van der Waals surface area contributed by atoms with Crippen LogP contribution in [-0.4, -0.2) is 64.9 Å². The Morgan fingerprint density at radius 1 is 0.857 bits per heavy atom. The first-order valence-electron chi connectivity index (χ1n) is 11.1. The molecule has 0 bridgehead atoms. The zero-order valence-electron chi connectivity index (χ0n) is 18.9. The number of benzene rings is 1. The molecule has 2 aliphatic heterocycles. The fourth-order valence-corrected chi connectivity index (χ4v) is 6.22. The predicted octanol–water partition coefficient (Wildman–Crippen LogP) is 1.56. The number of methoxy groups -OCH3 is 2. The number of phenolic OH excluding ortho intramolecular Hbond substituents is 1. The molecular formula is C24H22N2O9. The summed E-state index contributed by atoms with van der Waals surface area (Å²) in [6, 6.07) is 6.22. The molecule has 0 radical (unpaired) electrons. The minimum Gasteiger partial charge on any atom is -0.508 e. The third-order valence-corrected chi connectivity index (χ3v) is 7.59. The van der Waals surface area contributed by atoms with Crippen LogP contribution >= 0.6 is 0 Å². The largest absolute Gasteiger partial charge is 0.508 e. The summed E-state index contributed by atoms with van der Waals surface area (Å²) in [5.74, 6) is -7.88. The van der Waals surface area contributed by atoms with Gasteiger partial charge in [-0.25, -0.2) is 9.59 Å². The van der Waals surface area contributed by atoms with Crippen molar-refractivity contribution in [2.45, 2.75) is 18.8 Å². The van der Waals surface area contributed by atoms with Crippen LogP contribution in [0.5, 0.6) is 5.75 Å². The summed E-state index contributed by atoms with van der Waals surface area (Å²) in [4.78, 5) is 78.1. The van der Waals surface area contributed by atoms with E-state index in [0.29, 0.717) is 20.9 Å². The number of nitrogens with zero attached hydrogens (tertiary/aromatic N) is 2. The highest BCUT2D eigenvalue weighted by Gasteiger charge is 2.63. The second-order valence-electron chi connectivity index (χ2n) is 9.08. The third-order valence-electron chi connectivity index (χ3n) is 7.59. The van der Waals surface area contributed by atoms with Crippen LogP contribution in [0.1, 0.15) is 24.3 Å². The van der Waals surface area contributed by atoms with Crippen LogP contribution in [0.4, 0.5) is 9.59 Å². The number of hydrogen-bond donors (Lipinski definition) is 1. The average molecular weight is 482 g/mol. The first-order valence-corrected chi connectivity index (χ1v) is 11.1. The molecule has 182 valence electrons. The lowest BCUT2D eigenvalue weighted by molar-refractivity contribution is -0.139. The summed E-state index contributed by atoms with van der Waals surface area (Å²) >= 11 is 0. The normalized spacial score (nSPS) is 31.5. The molecule has 6 atom stereocenters. The highest BCUT2D eigenvalue weighted by atomic mass is 16.5. The van der Waals surface area contributed by atoms with E-state index in [2.05, 4.69) is 9.47 Å². The number of carbonyl (C=O) groups is 6. The van der Waals surface area contributed by atoms with Crippen molar-refractivity contribution in [3.63, 3.8) is 0 Å². The van der Waals surface area contributed by atoms with Gasteiger partial charge in [-0.2, -0.15) is 9.80 Å². The highest BCUT2D eigenvalue weighted by molar-refractivity contribution is 6.17. The number of carbonyl (C=O) groups excluding carboxylic acids is 6. The van der Waals surface area contributed by atoms with Gasteiger partial charge in [0.05, 0.1) is 37.9 Å². The molecule has 1 aromatic carbocycles. The van der Waals surface area contributed by atoms with Gasteiger partial charge in [0, 0.05) is 5.92 Å². The van der Waals surface area contributed by atoms with E-state index >= 15 is 0 Å². The second kappa shape index (κ2) is 8.03. The average Bonchev–Trinajstić information content (AvgIpc) is 3.25. The standard InChI is InChI=1S/C24H22N2O9/c1-34-23(32)25-19(28)13-7-6-12-14(17(13)21(25)30)9-15-18(16(12)10-4-3-5-11(27)8-10)22(31)26(20(15)29)24(33)35-2/h3-6,8,13-18,27H,7,9H2,1-2H3/t13-,14+,15+,16-,17-,18+/m0/s1. The van der Waals surface area contributed by atoms with E-state index in [0.717, 1.165) is 14.2 Å². The molecule has 1 aromatic rings. The molecule has 0 aromatic heterocycles. The van der Waals surface area contributed by atoms with Crippen LogP contribution < -0.4 is 0 Å². The number of imide groups is 6. The number of amides is 6. The fraction of sp³-hybridized carbons (Fsp3) is 0.417. The lowest BCUT2D eigenvalue weighted by atomic mass is 9.57. The van der Waals surface area contributed by atoms with Gasteiger partial charge in [0.2, 0.25) is 23.6 Å². The first kappa shape index (κ1) is 22.8. The molecule has 1 saturated carbocycles. The molecule has 11 nitrogen and oxygen atoms in total. The van der Waals surface area contributed by atoms with Crippen molar-refractivity contribution in [1.82, 2.24) is 9.80 Å². The van der Waals surface area contributed by atoms with Gasteiger partial charge >= 0.3 is 12.2 Å². The summed E-state index contributed by atoms with van der Waals surface area (Å²) in [5.41, 5.74) is 1.20. The number of phenols is 1. The van der Waals surface area contributed by atoms with E-state index in [1.807, 2.05) is 0 Å². The lowest BCUT2D eigenvalue weighted by Gasteiger charge is -2.43. The van der Waals surface area contributed by atoms with Gasteiger partial charge in [0.15, 0.2) is 0 Å². The quantitative estimate of drug-likeness (QED) is 0.465. The van der Waals surface area contributed by atoms with Crippen molar-refractivity contribution in [1.29, 1.82) is 0 Å². The number of ether oxygens (including phenoxy) is 2. The van der Waals surface area contributed by atoms with Crippen LogP contribution in [0, 0.1) is 29.6 Å². The molecule has 5 rings (SSSR count). The molecule has 2 heterocycles. The smallest absolute Gasteiger partial charge is 0.423 e. The van der Waals surface area contributed by atoms with Crippen LogP contribution in [-0.2, 0) is 28.7 Å². The maximum Gasteiger partial charge on any atom is 0.423 e. The van der Waals surface area contributed by atoms with Crippen molar-refractivity contribution in [3.8, 4) is 5.75 Å². The Kier molecular flexibility index (Phi) is 5.22. The SMILES string of the molecule is COC(=O)N1C(=O)[C@H]2[C@H](CC=C3[C@H]2C[C@H]2C(=O)N(C(=O)OC)C(=O)[C@H]2[C@H]3c2cccc(O)c2)C1=O. The minimum absolute atomic E-state index is 0.0408. The summed E-state index contributed by atoms with van der Waals surface area (Å²) in [6.07, 6.45) is -0.189. The first-order chi connectivity index (χ1) is 16.7. The molecule has 3 fully saturated rings. The Hall–Kier alpha value is -4.02. The third kappa shape index (κ3) is 3.10. The molecule has 35 heavy (non-hydrogen) atoms.